The van der Waals surface area contributed by atoms with Gasteiger partial charge in [0.15, 0.2) is 16.6 Å². The fourth-order valence-electron chi connectivity index (χ4n) is 4.33. The number of anilines is 1. The van der Waals surface area contributed by atoms with Gasteiger partial charge in [-0.05, 0) is 82.5 Å². The van der Waals surface area contributed by atoms with E-state index in [1.54, 1.807) is 24.3 Å². The number of carbonyl (C=O) groups excluding carboxylic acids is 2. The Bertz CT molecular complexity index is 1640. The summed E-state index contributed by atoms with van der Waals surface area (Å²) in [7, 11) is 1.37. The molecule has 0 saturated carbocycles. The first-order valence-electron chi connectivity index (χ1n) is 11.9. The number of aliphatic hydroxyl groups excluding tert-OH is 1. The van der Waals surface area contributed by atoms with Crippen LogP contribution in [0, 0.1) is 5.82 Å². The number of ether oxygens (including phenoxy) is 2. The second-order valence-corrected chi connectivity index (χ2v) is 10.6. The highest BCUT2D eigenvalue weighted by Crippen LogP contribution is 2.47. The molecule has 2 heterocycles. The zero-order chi connectivity index (χ0) is 27.8. The van der Waals surface area contributed by atoms with E-state index in [0.717, 1.165) is 17.8 Å². The molecule has 1 saturated heterocycles. The molecule has 8 nitrogen and oxygen atoms in total. The topological polar surface area (TPSA) is 109 Å². The number of aromatic nitrogens is 1. The Kier molecular flexibility index (Phi) is 7.28. The highest BCUT2D eigenvalue weighted by molar-refractivity contribution is 9.10. The lowest BCUT2D eigenvalue weighted by atomic mass is 9.95. The summed E-state index contributed by atoms with van der Waals surface area (Å²) < 4.78 is 25.5. The lowest BCUT2D eigenvalue weighted by Gasteiger charge is -2.24. The largest absolute Gasteiger partial charge is 0.507 e. The second-order valence-electron chi connectivity index (χ2n) is 8.70. The number of thiazole rings is 1. The van der Waals surface area contributed by atoms with Crippen molar-refractivity contribution in [3.05, 3.63) is 81.6 Å². The number of fused-ring (bicyclic) bond motifs is 1. The van der Waals surface area contributed by atoms with E-state index in [1.807, 2.05) is 6.92 Å². The maximum absolute atomic E-state index is 13.9. The molecule has 1 aromatic heterocycles. The van der Waals surface area contributed by atoms with Gasteiger partial charge in [-0.1, -0.05) is 18.3 Å². The van der Waals surface area contributed by atoms with Crippen LogP contribution in [0.4, 0.5) is 9.52 Å². The molecular formula is C28H22BrFN2O6S. The fourth-order valence-corrected chi connectivity index (χ4v) is 5.80. The Balaban J connectivity index is 1.70. The number of Topliss-reactive ketones (excluding diaryl/α,β-unsaturated/α-hetero) is 1. The van der Waals surface area contributed by atoms with Crippen molar-refractivity contribution >= 4 is 60.1 Å². The molecule has 0 aliphatic carbocycles. The zero-order valence-corrected chi connectivity index (χ0v) is 23.2. The van der Waals surface area contributed by atoms with Gasteiger partial charge in [-0.15, -0.1) is 0 Å². The maximum atomic E-state index is 13.9. The number of benzene rings is 3. The third-order valence-electron chi connectivity index (χ3n) is 6.18. The van der Waals surface area contributed by atoms with Crippen molar-refractivity contribution in [2.24, 2.45) is 0 Å². The van der Waals surface area contributed by atoms with Crippen molar-refractivity contribution < 1.29 is 33.7 Å². The molecule has 1 atom stereocenters. The molecule has 4 aromatic rings. The zero-order valence-electron chi connectivity index (χ0n) is 20.8. The van der Waals surface area contributed by atoms with Crippen molar-refractivity contribution in [3.63, 3.8) is 0 Å². The van der Waals surface area contributed by atoms with Gasteiger partial charge in [0.05, 0.1) is 40.0 Å². The van der Waals surface area contributed by atoms with Crippen LogP contribution in [0.25, 0.3) is 16.0 Å². The van der Waals surface area contributed by atoms with Crippen LogP contribution in [0.5, 0.6) is 17.2 Å². The summed E-state index contributed by atoms with van der Waals surface area (Å²) >= 11 is 4.33. The molecule has 1 aliphatic heterocycles. The summed E-state index contributed by atoms with van der Waals surface area (Å²) in [6, 6.07) is 12.4. The number of aliphatic hydroxyl groups is 1. The minimum Gasteiger partial charge on any atom is -0.507 e. The van der Waals surface area contributed by atoms with E-state index in [0.29, 0.717) is 33.7 Å². The monoisotopic (exact) mass is 612 g/mol. The predicted octanol–water partition coefficient (Wildman–Crippen LogP) is 6.33. The molecule has 1 fully saturated rings. The molecule has 1 amide bonds. The summed E-state index contributed by atoms with van der Waals surface area (Å²) in [5.74, 6) is -2.16. The number of phenolic OH excluding ortho intramolecular Hbond substituents is 1. The SMILES string of the molecule is CCCOc1ccc(C(O)=C2C(=O)C(=O)N(c3nc4ccc(F)cc4s3)C2c2cc(Br)c(O)c(OC)c2)cc1. The molecule has 2 N–H and O–H groups in total. The van der Waals surface area contributed by atoms with Gasteiger partial charge in [0.25, 0.3) is 5.78 Å². The summed E-state index contributed by atoms with van der Waals surface area (Å²) in [4.78, 5) is 32.6. The third kappa shape index (κ3) is 4.83. The molecule has 1 aliphatic rings. The first-order chi connectivity index (χ1) is 18.7. The van der Waals surface area contributed by atoms with E-state index >= 15 is 0 Å². The van der Waals surface area contributed by atoms with E-state index in [4.69, 9.17) is 9.47 Å². The number of amides is 1. The van der Waals surface area contributed by atoms with Gasteiger partial charge in [0.1, 0.15) is 17.3 Å². The number of phenols is 1. The van der Waals surface area contributed by atoms with Crippen LogP contribution >= 0.6 is 27.3 Å². The van der Waals surface area contributed by atoms with E-state index in [1.165, 1.54) is 42.3 Å². The third-order valence-corrected chi connectivity index (χ3v) is 7.80. The Hall–Kier alpha value is -3.96. The standard InChI is InChI=1S/C28H22BrFN2O6S/c1-3-10-38-17-7-4-14(5-8-17)24(33)22-23(15-11-18(29)25(34)20(12-15)37-2)32(27(36)26(22)35)28-31-19-9-6-16(30)13-21(19)39-28/h4-9,11-13,23,33-34H,3,10H2,1-2H3. The van der Waals surface area contributed by atoms with Gasteiger partial charge in [-0.2, -0.15) is 0 Å². The summed E-state index contributed by atoms with van der Waals surface area (Å²) in [5, 5.41) is 21.9. The van der Waals surface area contributed by atoms with E-state index < -0.39 is 29.3 Å². The summed E-state index contributed by atoms with van der Waals surface area (Å²) in [6.07, 6.45) is 0.829. The van der Waals surface area contributed by atoms with E-state index in [9.17, 15) is 24.2 Å². The number of nitrogens with zero attached hydrogens (tertiary/aromatic N) is 2. The van der Waals surface area contributed by atoms with Crippen molar-refractivity contribution in [3.8, 4) is 17.2 Å². The molecule has 3 aromatic carbocycles. The minimum atomic E-state index is -1.13. The molecule has 0 bridgehead atoms. The van der Waals surface area contributed by atoms with Gasteiger partial charge in [-0.25, -0.2) is 9.37 Å². The fraction of sp³-hybridized carbons (Fsp3) is 0.179. The van der Waals surface area contributed by atoms with Crippen molar-refractivity contribution in [2.45, 2.75) is 19.4 Å². The predicted molar refractivity (Wildman–Crippen MR) is 149 cm³/mol. The maximum Gasteiger partial charge on any atom is 0.301 e. The highest BCUT2D eigenvalue weighted by Gasteiger charge is 2.48. The van der Waals surface area contributed by atoms with Crippen LogP contribution in [0.2, 0.25) is 0 Å². The van der Waals surface area contributed by atoms with Gasteiger partial charge in [0.2, 0.25) is 0 Å². The second kappa shape index (κ2) is 10.7. The van der Waals surface area contributed by atoms with E-state index in [2.05, 4.69) is 20.9 Å². The van der Waals surface area contributed by atoms with Crippen LogP contribution in [0.1, 0.15) is 30.5 Å². The normalized spacial score (nSPS) is 16.7. The Morgan fingerprint density at radius 1 is 1.15 bits per heavy atom. The molecular weight excluding hydrogens is 591 g/mol. The number of ketones is 1. The quantitative estimate of drug-likeness (QED) is 0.143. The van der Waals surface area contributed by atoms with Crippen LogP contribution in [-0.4, -0.2) is 40.6 Å². The van der Waals surface area contributed by atoms with E-state index in [-0.39, 0.29) is 26.7 Å². The van der Waals surface area contributed by atoms with Gasteiger partial charge >= 0.3 is 5.91 Å². The Morgan fingerprint density at radius 3 is 2.59 bits per heavy atom. The van der Waals surface area contributed by atoms with Crippen molar-refractivity contribution in [1.29, 1.82) is 0 Å². The van der Waals surface area contributed by atoms with Crippen LogP contribution < -0.4 is 14.4 Å². The van der Waals surface area contributed by atoms with Gasteiger partial charge in [0, 0.05) is 5.56 Å². The molecule has 1 unspecified atom stereocenters. The molecule has 11 heteroatoms. The summed E-state index contributed by atoms with van der Waals surface area (Å²) in [6.45, 7) is 2.51. The smallest absolute Gasteiger partial charge is 0.301 e. The van der Waals surface area contributed by atoms with Crippen LogP contribution in [0.3, 0.4) is 0 Å². The number of methoxy groups -OCH3 is 1. The Morgan fingerprint density at radius 2 is 1.90 bits per heavy atom. The molecule has 39 heavy (non-hydrogen) atoms. The number of aromatic hydroxyl groups is 1. The highest BCUT2D eigenvalue weighted by atomic mass is 79.9. The van der Waals surface area contributed by atoms with Crippen LogP contribution in [0.15, 0.2) is 64.6 Å². The van der Waals surface area contributed by atoms with Gasteiger partial charge in [-0.3, -0.25) is 14.5 Å². The number of hydrogen-bond acceptors (Lipinski definition) is 8. The number of halogens is 2. The number of carbonyl (C=O) groups is 2. The van der Waals surface area contributed by atoms with Crippen LogP contribution in [-0.2, 0) is 9.59 Å². The van der Waals surface area contributed by atoms with Gasteiger partial charge < -0.3 is 19.7 Å². The lowest BCUT2D eigenvalue weighted by Crippen LogP contribution is -2.29. The summed E-state index contributed by atoms with van der Waals surface area (Å²) in [5.41, 5.74) is 0.945. The molecule has 0 spiro atoms. The first-order valence-corrected chi connectivity index (χ1v) is 13.5. The number of hydrogen-bond donors (Lipinski definition) is 2. The van der Waals surface area contributed by atoms with Crippen molar-refractivity contribution in [2.75, 3.05) is 18.6 Å². The Labute approximate surface area is 235 Å². The minimum absolute atomic E-state index is 0.0914. The average molecular weight is 613 g/mol. The average Bonchev–Trinajstić information content (AvgIpc) is 3.46. The molecule has 200 valence electrons. The molecule has 5 rings (SSSR count). The number of rotatable bonds is 7. The first kappa shape index (κ1) is 26.6. The lowest BCUT2D eigenvalue weighted by molar-refractivity contribution is -0.132. The molecule has 0 radical (unpaired) electrons. The van der Waals surface area contributed by atoms with Crippen molar-refractivity contribution in [1.82, 2.24) is 4.98 Å².